The SMILES string of the molecule is COC(C)(C)C(=O)N(C)C1CCCCC1CN. The highest BCUT2D eigenvalue weighted by atomic mass is 16.5. The minimum Gasteiger partial charge on any atom is -0.369 e. The Morgan fingerprint density at radius 1 is 1.41 bits per heavy atom. The molecule has 2 atom stereocenters. The van der Waals surface area contributed by atoms with Crippen LogP contribution in [0.3, 0.4) is 0 Å². The molecule has 4 heteroatoms. The van der Waals surface area contributed by atoms with Crippen LogP contribution in [0.2, 0.25) is 0 Å². The molecule has 0 aromatic rings. The number of carbonyl (C=O) groups is 1. The largest absolute Gasteiger partial charge is 0.369 e. The maximum Gasteiger partial charge on any atom is 0.254 e. The summed E-state index contributed by atoms with van der Waals surface area (Å²) < 4.78 is 5.26. The Hall–Kier alpha value is -0.610. The molecule has 0 spiro atoms. The average Bonchev–Trinajstić information content (AvgIpc) is 2.36. The Labute approximate surface area is 104 Å². The Balaban J connectivity index is 2.73. The number of nitrogens with two attached hydrogens (primary N) is 1. The number of hydrogen-bond donors (Lipinski definition) is 1. The lowest BCUT2D eigenvalue weighted by Crippen LogP contribution is -2.52. The molecule has 0 aliphatic heterocycles. The predicted octanol–water partition coefficient (Wildman–Crippen LogP) is 1.39. The van der Waals surface area contributed by atoms with Crippen molar-refractivity contribution in [3.05, 3.63) is 0 Å². The summed E-state index contributed by atoms with van der Waals surface area (Å²) >= 11 is 0. The second-order valence-corrected chi connectivity index (χ2v) is 5.48. The van der Waals surface area contributed by atoms with Crippen LogP contribution in [0.1, 0.15) is 39.5 Å². The molecule has 1 aliphatic carbocycles. The number of methoxy groups -OCH3 is 1. The van der Waals surface area contributed by atoms with Gasteiger partial charge in [0.1, 0.15) is 5.60 Å². The fourth-order valence-electron chi connectivity index (χ4n) is 2.64. The van der Waals surface area contributed by atoms with Crippen LogP contribution in [-0.2, 0) is 9.53 Å². The van der Waals surface area contributed by atoms with E-state index in [-0.39, 0.29) is 11.9 Å². The van der Waals surface area contributed by atoms with E-state index in [1.165, 1.54) is 12.8 Å². The summed E-state index contributed by atoms with van der Waals surface area (Å²) in [6.07, 6.45) is 4.61. The summed E-state index contributed by atoms with van der Waals surface area (Å²) in [6.45, 7) is 4.29. The van der Waals surface area contributed by atoms with Crippen molar-refractivity contribution in [2.45, 2.75) is 51.2 Å². The van der Waals surface area contributed by atoms with Gasteiger partial charge in [-0.1, -0.05) is 12.8 Å². The Bertz CT molecular complexity index is 266. The summed E-state index contributed by atoms with van der Waals surface area (Å²) in [7, 11) is 3.45. The molecule has 2 N–H and O–H groups in total. The van der Waals surface area contributed by atoms with Crippen molar-refractivity contribution in [2.75, 3.05) is 20.7 Å². The van der Waals surface area contributed by atoms with Gasteiger partial charge in [0, 0.05) is 20.2 Å². The monoisotopic (exact) mass is 242 g/mol. The van der Waals surface area contributed by atoms with E-state index in [4.69, 9.17) is 10.5 Å². The fraction of sp³-hybridized carbons (Fsp3) is 0.923. The molecular formula is C13H26N2O2. The number of rotatable bonds is 4. The first kappa shape index (κ1) is 14.5. The third-order valence-corrected chi connectivity index (χ3v) is 4.01. The highest BCUT2D eigenvalue weighted by molar-refractivity contribution is 5.84. The smallest absolute Gasteiger partial charge is 0.254 e. The Morgan fingerprint density at radius 2 is 2.00 bits per heavy atom. The summed E-state index contributed by atoms with van der Waals surface area (Å²) in [4.78, 5) is 14.2. The van der Waals surface area contributed by atoms with Crippen molar-refractivity contribution >= 4 is 5.91 Å². The van der Waals surface area contributed by atoms with Gasteiger partial charge in [-0.3, -0.25) is 4.79 Å². The van der Waals surface area contributed by atoms with E-state index in [9.17, 15) is 4.79 Å². The molecule has 1 amide bonds. The topological polar surface area (TPSA) is 55.6 Å². The Morgan fingerprint density at radius 3 is 2.53 bits per heavy atom. The van der Waals surface area contributed by atoms with Crippen molar-refractivity contribution < 1.29 is 9.53 Å². The summed E-state index contributed by atoms with van der Waals surface area (Å²) in [6, 6.07) is 0.274. The van der Waals surface area contributed by atoms with E-state index in [1.807, 2.05) is 25.8 Å². The van der Waals surface area contributed by atoms with Crippen LogP contribution < -0.4 is 5.73 Å². The van der Waals surface area contributed by atoms with E-state index < -0.39 is 5.60 Å². The third-order valence-electron chi connectivity index (χ3n) is 4.01. The minimum atomic E-state index is -0.745. The number of hydrogen-bond acceptors (Lipinski definition) is 3. The number of nitrogens with zero attached hydrogens (tertiary/aromatic N) is 1. The van der Waals surface area contributed by atoms with Gasteiger partial charge >= 0.3 is 0 Å². The maximum atomic E-state index is 12.3. The van der Waals surface area contributed by atoms with Gasteiger partial charge in [-0.05, 0) is 39.2 Å². The first-order valence-corrected chi connectivity index (χ1v) is 6.46. The molecule has 1 saturated carbocycles. The van der Waals surface area contributed by atoms with E-state index in [1.54, 1.807) is 7.11 Å². The average molecular weight is 242 g/mol. The highest BCUT2D eigenvalue weighted by Gasteiger charge is 2.36. The second kappa shape index (κ2) is 5.83. The van der Waals surface area contributed by atoms with E-state index in [2.05, 4.69) is 0 Å². The Kier molecular flexibility index (Phi) is 4.95. The molecule has 4 nitrogen and oxygen atoms in total. The van der Waals surface area contributed by atoms with E-state index >= 15 is 0 Å². The normalized spacial score (nSPS) is 25.7. The lowest BCUT2D eigenvalue weighted by molar-refractivity contribution is -0.153. The molecule has 0 saturated heterocycles. The molecule has 0 heterocycles. The zero-order chi connectivity index (χ0) is 13.1. The molecule has 0 aromatic carbocycles. The van der Waals surface area contributed by atoms with Crippen LogP contribution in [-0.4, -0.2) is 43.2 Å². The van der Waals surface area contributed by atoms with Crippen LogP contribution >= 0.6 is 0 Å². The lowest BCUT2D eigenvalue weighted by atomic mass is 9.83. The molecule has 1 fully saturated rings. The van der Waals surface area contributed by atoms with E-state index in [0.29, 0.717) is 12.5 Å². The van der Waals surface area contributed by atoms with Crippen LogP contribution in [0.4, 0.5) is 0 Å². The molecule has 1 aliphatic rings. The molecule has 0 radical (unpaired) electrons. The summed E-state index contributed by atoms with van der Waals surface area (Å²) in [5.74, 6) is 0.482. The van der Waals surface area contributed by atoms with Crippen molar-refractivity contribution in [2.24, 2.45) is 11.7 Å². The molecule has 100 valence electrons. The molecule has 1 rings (SSSR count). The van der Waals surface area contributed by atoms with Crippen LogP contribution in [0.5, 0.6) is 0 Å². The zero-order valence-electron chi connectivity index (χ0n) is 11.5. The number of carbonyl (C=O) groups excluding carboxylic acids is 1. The van der Waals surface area contributed by atoms with Gasteiger partial charge < -0.3 is 15.4 Å². The quantitative estimate of drug-likeness (QED) is 0.810. The molecule has 17 heavy (non-hydrogen) atoms. The summed E-state index contributed by atoms with van der Waals surface area (Å²) in [5.41, 5.74) is 5.06. The van der Waals surface area contributed by atoms with Crippen molar-refractivity contribution in [1.82, 2.24) is 4.90 Å². The van der Waals surface area contributed by atoms with Crippen molar-refractivity contribution in [1.29, 1.82) is 0 Å². The first-order chi connectivity index (χ1) is 7.94. The number of likely N-dealkylation sites (N-methyl/N-ethyl adjacent to an activating group) is 1. The molecule has 0 bridgehead atoms. The van der Waals surface area contributed by atoms with Gasteiger partial charge in [0.15, 0.2) is 0 Å². The minimum absolute atomic E-state index is 0.0466. The molecule has 2 unspecified atom stereocenters. The van der Waals surface area contributed by atoms with E-state index in [0.717, 1.165) is 12.8 Å². The van der Waals surface area contributed by atoms with Crippen LogP contribution in [0.15, 0.2) is 0 Å². The third kappa shape index (κ3) is 3.19. The van der Waals surface area contributed by atoms with Gasteiger partial charge in [-0.25, -0.2) is 0 Å². The number of ether oxygens (including phenoxy) is 1. The van der Waals surface area contributed by atoms with Crippen LogP contribution in [0, 0.1) is 5.92 Å². The second-order valence-electron chi connectivity index (χ2n) is 5.48. The molecule has 0 aromatic heterocycles. The first-order valence-electron chi connectivity index (χ1n) is 6.46. The van der Waals surface area contributed by atoms with Gasteiger partial charge in [0.05, 0.1) is 0 Å². The predicted molar refractivity (Wildman–Crippen MR) is 68.7 cm³/mol. The molecular weight excluding hydrogens is 216 g/mol. The van der Waals surface area contributed by atoms with Crippen molar-refractivity contribution in [3.8, 4) is 0 Å². The maximum absolute atomic E-state index is 12.3. The van der Waals surface area contributed by atoms with Crippen molar-refractivity contribution in [3.63, 3.8) is 0 Å². The van der Waals surface area contributed by atoms with Crippen LogP contribution in [0.25, 0.3) is 0 Å². The van der Waals surface area contributed by atoms with Gasteiger partial charge in [0.25, 0.3) is 5.91 Å². The number of amides is 1. The summed E-state index contributed by atoms with van der Waals surface area (Å²) in [5, 5.41) is 0. The fourth-order valence-corrected chi connectivity index (χ4v) is 2.64. The van der Waals surface area contributed by atoms with Gasteiger partial charge in [-0.15, -0.1) is 0 Å². The zero-order valence-corrected chi connectivity index (χ0v) is 11.5. The highest BCUT2D eigenvalue weighted by Crippen LogP contribution is 2.28. The lowest BCUT2D eigenvalue weighted by Gasteiger charge is -2.40. The standard InChI is InChI=1S/C13H26N2O2/c1-13(2,17-4)12(16)15(3)11-8-6-5-7-10(11)9-14/h10-11H,5-9,14H2,1-4H3. The van der Waals surface area contributed by atoms with Gasteiger partial charge in [0.2, 0.25) is 0 Å². The van der Waals surface area contributed by atoms with Gasteiger partial charge in [-0.2, -0.15) is 0 Å².